The number of amides is 4. The van der Waals surface area contributed by atoms with Gasteiger partial charge >= 0.3 is 12.0 Å². The van der Waals surface area contributed by atoms with Gasteiger partial charge in [-0.2, -0.15) is 0 Å². The van der Waals surface area contributed by atoms with Crippen LogP contribution in [0.5, 0.6) is 0 Å². The van der Waals surface area contributed by atoms with E-state index in [1.54, 1.807) is 24.3 Å². The van der Waals surface area contributed by atoms with Crippen LogP contribution in [0.3, 0.4) is 0 Å². The van der Waals surface area contributed by atoms with E-state index in [0.717, 1.165) is 30.6 Å². The van der Waals surface area contributed by atoms with Crippen molar-refractivity contribution >= 4 is 29.5 Å². The fourth-order valence-corrected chi connectivity index (χ4v) is 4.05. The second kappa shape index (κ2) is 9.28. The van der Waals surface area contributed by atoms with Gasteiger partial charge in [-0.25, -0.2) is 9.59 Å². The van der Waals surface area contributed by atoms with E-state index in [0.29, 0.717) is 36.6 Å². The fourth-order valence-electron chi connectivity index (χ4n) is 4.05. The highest BCUT2D eigenvalue weighted by Gasteiger charge is 2.52. The quantitative estimate of drug-likeness (QED) is 0.526. The van der Waals surface area contributed by atoms with Gasteiger partial charge in [-0.05, 0) is 62.3 Å². The molecule has 8 nitrogen and oxygen atoms in total. The van der Waals surface area contributed by atoms with E-state index in [1.165, 1.54) is 0 Å². The molecular weight excluding hydrogens is 386 g/mol. The Kier molecular flexibility index (Phi) is 6.74. The van der Waals surface area contributed by atoms with Crippen molar-refractivity contribution in [3.63, 3.8) is 0 Å². The summed E-state index contributed by atoms with van der Waals surface area (Å²) in [6, 6.07) is 5.77. The third-order valence-electron chi connectivity index (χ3n) is 5.93. The zero-order valence-electron chi connectivity index (χ0n) is 17.5. The standard InChI is InChI=1S/C22H29N3O5/c1-3-13-30-19(27)16-5-7-17(8-6-16)23-18(26)14-25-20(28)22(24-21(25)29)11-9-15(4-2)10-12-22/h5-8,15H,3-4,9-14H2,1-2H3,(H,23,26)(H,24,29). The minimum Gasteiger partial charge on any atom is -0.462 e. The Balaban J connectivity index is 1.56. The van der Waals surface area contributed by atoms with Gasteiger partial charge in [0.1, 0.15) is 12.1 Å². The molecule has 1 heterocycles. The van der Waals surface area contributed by atoms with E-state index in [9.17, 15) is 19.2 Å². The molecule has 162 valence electrons. The molecule has 0 aromatic heterocycles. The molecule has 1 saturated heterocycles. The molecule has 1 saturated carbocycles. The third kappa shape index (κ3) is 4.63. The number of nitrogens with one attached hydrogen (secondary N) is 2. The Morgan fingerprint density at radius 2 is 1.83 bits per heavy atom. The molecule has 1 aliphatic heterocycles. The van der Waals surface area contributed by atoms with Crippen molar-refractivity contribution in [2.45, 2.75) is 57.9 Å². The number of carbonyl (C=O) groups is 4. The van der Waals surface area contributed by atoms with Gasteiger partial charge in [-0.15, -0.1) is 0 Å². The van der Waals surface area contributed by atoms with Crippen LogP contribution in [0.15, 0.2) is 24.3 Å². The van der Waals surface area contributed by atoms with Gasteiger partial charge in [-0.3, -0.25) is 14.5 Å². The second-order valence-electron chi connectivity index (χ2n) is 8.02. The lowest BCUT2D eigenvalue weighted by Crippen LogP contribution is -2.49. The van der Waals surface area contributed by atoms with Crippen LogP contribution in [-0.2, 0) is 14.3 Å². The SMILES string of the molecule is CCCOC(=O)c1ccc(NC(=O)CN2C(=O)NC3(CCC(CC)CC3)C2=O)cc1. The number of benzene rings is 1. The number of urea groups is 1. The molecule has 4 amide bonds. The Morgan fingerprint density at radius 3 is 2.43 bits per heavy atom. The predicted molar refractivity (Wildman–Crippen MR) is 111 cm³/mol. The lowest BCUT2D eigenvalue weighted by atomic mass is 9.75. The lowest BCUT2D eigenvalue weighted by Gasteiger charge is -2.34. The van der Waals surface area contributed by atoms with Crippen LogP contribution in [-0.4, -0.2) is 47.4 Å². The molecule has 2 aliphatic rings. The first-order valence-electron chi connectivity index (χ1n) is 10.6. The molecule has 2 fully saturated rings. The maximum Gasteiger partial charge on any atom is 0.338 e. The number of imide groups is 1. The highest BCUT2D eigenvalue weighted by Crippen LogP contribution is 2.37. The summed E-state index contributed by atoms with van der Waals surface area (Å²) in [6.07, 6.45) is 4.83. The normalized spacial score (nSPS) is 23.4. The molecule has 0 unspecified atom stereocenters. The largest absolute Gasteiger partial charge is 0.462 e. The van der Waals surface area contributed by atoms with Crippen molar-refractivity contribution < 1.29 is 23.9 Å². The minimum atomic E-state index is -0.858. The zero-order chi connectivity index (χ0) is 21.7. The van der Waals surface area contributed by atoms with Crippen LogP contribution in [0.1, 0.15) is 62.7 Å². The van der Waals surface area contributed by atoms with Crippen molar-refractivity contribution in [3.05, 3.63) is 29.8 Å². The molecule has 0 atom stereocenters. The molecule has 3 rings (SSSR count). The number of esters is 1. The number of nitrogens with zero attached hydrogens (tertiary/aromatic N) is 1. The average Bonchev–Trinajstić information content (AvgIpc) is 2.97. The number of rotatable bonds is 7. The summed E-state index contributed by atoms with van der Waals surface area (Å²) < 4.78 is 5.06. The number of ether oxygens (including phenoxy) is 1. The van der Waals surface area contributed by atoms with E-state index in [4.69, 9.17) is 4.74 Å². The van der Waals surface area contributed by atoms with Crippen LogP contribution in [0.2, 0.25) is 0 Å². The van der Waals surface area contributed by atoms with Gasteiger partial charge in [-0.1, -0.05) is 20.3 Å². The third-order valence-corrected chi connectivity index (χ3v) is 5.93. The molecule has 1 spiro atoms. The summed E-state index contributed by atoms with van der Waals surface area (Å²) in [5, 5.41) is 5.49. The van der Waals surface area contributed by atoms with Gasteiger partial charge < -0.3 is 15.4 Å². The minimum absolute atomic E-state index is 0.314. The molecule has 8 heteroatoms. The van der Waals surface area contributed by atoms with E-state index in [2.05, 4.69) is 17.6 Å². The van der Waals surface area contributed by atoms with Crippen LogP contribution in [0, 0.1) is 5.92 Å². The van der Waals surface area contributed by atoms with Crippen molar-refractivity contribution in [2.24, 2.45) is 5.92 Å². The number of hydrogen-bond donors (Lipinski definition) is 2. The number of carbonyl (C=O) groups excluding carboxylic acids is 4. The van der Waals surface area contributed by atoms with Crippen molar-refractivity contribution in [2.75, 3.05) is 18.5 Å². The van der Waals surface area contributed by atoms with Gasteiger partial charge in [0.2, 0.25) is 5.91 Å². The van der Waals surface area contributed by atoms with Crippen LogP contribution in [0.25, 0.3) is 0 Å². The maximum atomic E-state index is 12.9. The van der Waals surface area contributed by atoms with Crippen LogP contribution >= 0.6 is 0 Å². The first kappa shape index (κ1) is 21.8. The van der Waals surface area contributed by atoms with E-state index in [-0.39, 0.29) is 12.5 Å². The fraction of sp³-hybridized carbons (Fsp3) is 0.545. The summed E-state index contributed by atoms with van der Waals surface area (Å²) in [4.78, 5) is 50.5. The summed E-state index contributed by atoms with van der Waals surface area (Å²) in [7, 11) is 0. The molecule has 2 N–H and O–H groups in total. The monoisotopic (exact) mass is 415 g/mol. The van der Waals surface area contributed by atoms with Gasteiger partial charge in [0.25, 0.3) is 5.91 Å². The number of anilines is 1. The van der Waals surface area contributed by atoms with Crippen molar-refractivity contribution in [1.82, 2.24) is 10.2 Å². The van der Waals surface area contributed by atoms with E-state index >= 15 is 0 Å². The predicted octanol–water partition coefficient (Wildman–Crippen LogP) is 3.08. The summed E-state index contributed by atoms with van der Waals surface area (Å²) in [5.74, 6) is -0.623. The maximum absolute atomic E-state index is 12.9. The summed E-state index contributed by atoms with van der Waals surface area (Å²) >= 11 is 0. The second-order valence-corrected chi connectivity index (χ2v) is 8.02. The topological polar surface area (TPSA) is 105 Å². The molecule has 1 aliphatic carbocycles. The first-order chi connectivity index (χ1) is 14.4. The van der Waals surface area contributed by atoms with E-state index in [1.807, 2.05) is 6.92 Å². The molecular formula is C22H29N3O5. The molecule has 1 aromatic rings. The van der Waals surface area contributed by atoms with E-state index < -0.39 is 23.4 Å². The van der Waals surface area contributed by atoms with Gasteiger partial charge in [0.05, 0.1) is 12.2 Å². The average molecular weight is 415 g/mol. The molecule has 0 bridgehead atoms. The first-order valence-corrected chi connectivity index (χ1v) is 10.6. The smallest absolute Gasteiger partial charge is 0.338 e. The highest BCUT2D eigenvalue weighted by molar-refractivity contribution is 6.10. The highest BCUT2D eigenvalue weighted by atomic mass is 16.5. The Bertz CT molecular complexity index is 813. The Labute approximate surface area is 176 Å². The Morgan fingerprint density at radius 1 is 1.17 bits per heavy atom. The summed E-state index contributed by atoms with van der Waals surface area (Å²) in [6.45, 7) is 4.05. The van der Waals surface area contributed by atoms with Crippen molar-refractivity contribution in [1.29, 1.82) is 0 Å². The van der Waals surface area contributed by atoms with Crippen LogP contribution in [0.4, 0.5) is 10.5 Å². The Hall–Kier alpha value is -2.90. The molecule has 30 heavy (non-hydrogen) atoms. The van der Waals surface area contributed by atoms with Crippen molar-refractivity contribution in [3.8, 4) is 0 Å². The van der Waals surface area contributed by atoms with Gasteiger partial charge in [0, 0.05) is 5.69 Å². The number of hydrogen-bond acceptors (Lipinski definition) is 5. The summed E-state index contributed by atoms with van der Waals surface area (Å²) in [5.41, 5.74) is 0.00113. The lowest BCUT2D eigenvalue weighted by molar-refractivity contribution is -0.135. The van der Waals surface area contributed by atoms with Gasteiger partial charge in [0.15, 0.2) is 0 Å². The molecule has 0 radical (unpaired) electrons. The molecule has 1 aromatic carbocycles. The van der Waals surface area contributed by atoms with Crippen LogP contribution < -0.4 is 10.6 Å². The zero-order valence-corrected chi connectivity index (χ0v) is 17.5.